The van der Waals surface area contributed by atoms with Crippen molar-refractivity contribution in [2.45, 2.75) is 115 Å². The number of piperidine rings is 1. The first-order valence-corrected chi connectivity index (χ1v) is 15.4. The third kappa shape index (κ3) is 3.95. The number of thioether (sulfide) groups is 1. The predicted molar refractivity (Wildman–Crippen MR) is 145 cm³/mol. The maximum absolute atomic E-state index is 13.5. The van der Waals surface area contributed by atoms with Gasteiger partial charge in [0.2, 0.25) is 0 Å². The zero-order valence-electron chi connectivity index (χ0n) is 23.0. The quantitative estimate of drug-likeness (QED) is 0.397. The monoisotopic (exact) mass is 517 g/mol. The second kappa shape index (κ2) is 9.41. The van der Waals surface area contributed by atoms with Gasteiger partial charge >= 0.3 is 5.97 Å². The molecule has 5 aliphatic rings. The van der Waals surface area contributed by atoms with Crippen molar-refractivity contribution in [2.75, 3.05) is 12.8 Å². The van der Waals surface area contributed by atoms with Crippen molar-refractivity contribution in [1.29, 1.82) is 0 Å². The van der Waals surface area contributed by atoms with E-state index in [9.17, 15) is 14.7 Å². The molecule has 6 heteroatoms. The molecule has 3 saturated carbocycles. The number of aliphatic hydroxyl groups excluding tert-OH is 1. The summed E-state index contributed by atoms with van der Waals surface area (Å²) in [5.74, 6) is 0.605. The van der Waals surface area contributed by atoms with E-state index >= 15 is 0 Å². The predicted octanol–water partition coefficient (Wildman–Crippen LogP) is 5.25. The van der Waals surface area contributed by atoms with Crippen LogP contribution in [0.15, 0.2) is 12.7 Å². The minimum absolute atomic E-state index is 0.00390. The smallest absolute Gasteiger partial charge is 0.316 e. The molecule has 4 bridgehead atoms. The van der Waals surface area contributed by atoms with Gasteiger partial charge in [0.05, 0.1) is 11.9 Å². The molecule has 2 heterocycles. The van der Waals surface area contributed by atoms with E-state index in [0.717, 1.165) is 32.1 Å². The van der Waals surface area contributed by atoms with Crippen LogP contribution in [0.3, 0.4) is 0 Å². The van der Waals surface area contributed by atoms with E-state index in [2.05, 4.69) is 46.2 Å². The van der Waals surface area contributed by atoms with E-state index in [4.69, 9.17) is 4.74 Å². The minimum atomic E-state index is -0.619. The van der Waals surface area contributed by atoms with Gasteiger partial charge in [0.25, 0.3) is 0 Å². The number of hydrogen-bond donors (Lipinski definition) is 1. The molecular weight excluding hydrogens is 470 g/mol. The van der Waals surface area contributed by atoms with Crippen molar-refractivity contribution in [3.05, 3.63) is 12.7 Å². The zero-order valence-corrected chi connectivity index (χ0v) is 23.8. The molecular formula is C30H47NO4S. The Morgan fingerprint density at radius 3 is 2.50 bits per heavy atom. The highest BCUT2D eigenvalue weighted by Gasteiger charge is 2.68. The molecule has 0 spiro atoms. The summed E-state index contributed by atoms with van der Waals surface area (Å²) in [4.78, 5) is 29.4. The number of nitrogens with zero attached hydrogens (tertiary/aromatic N) is 1. The summed E-state index contributed by atoms with van der Waals surface area (Å²) < 4.78 is 6.42. The lowest BCUT2D eigenvalue weighted by atomic mass is 9.44. The number of ketones is 1. The molecule has 1 N–H and O–H groups in total. The average Bonchev–Trinajstić information content (AvgIpc) is 3.28. The van der Waals surface area contributed by atoms with Crippen LogP contribution in [0.2, 0.25) is 0 Å². The van der Waals surface area contributed by atoms with Gasteiger partial charge in [-0.05, 0) is 75.7 Å². The van der Waals surface area contributed by atoms with Gasteiger partial charge < -0.3 is 14.7 Å². The van der Waals surface area contributed by atoms with E-state index in [1.807, 2.05) is 6.08 Å². The summed E-state index contributed by atoms with van der Waals surface area (Å²) in [5.41, 5.74) is -1.24. The van der Waals surface area contributed by atoms with Crippen LogP contribution in [-0.2, 0) is 14.3 Å². The molecule has 0 aromatic carbocycles. The van der Waals surface area contributed by atoms with Gasteiger partial charge in [-0.3, -0.25) is 9.59 Å². The molecule has 36 heavy (non-hydrogen) atoms. The van der Waals surface area contributed by atoms with Gasteiger partial charge in [-0.2, -0.15) is 0 Å². The number of esters is 1. The van der Waals surface area contributed by atoms with Crippen molar-refractivity contribution in [2.24, 2.45) is 34.0 Å². The second-order valence-corrected chi connectivity index (χ2v) is 14.8. The van der Waals surface area contributed by atoms with E-state index in [0.29, 0.717) is 41.7 Å². The van der Waals surface area contributed by atoms with Crippen molar-refractivity contribution in [3.63, 3.8) is 0 Å². The Kier molecular flexibility index (Phi) is 6.99. The fourth-order valence-corrected chi connectivity index (χ4v) is 10.5. The normalized spacial score (nSPS) is 50.8. The Labute approximate surface area is 222 Å². The third-order valence-electron chi connectivity index (χ3n) is 12.1. The maximum atomic E-state index is 13.5. The SMILES string of the molecule is C=C[C@]1(C)C[C@@H](OC(=O)CSC2C[C@H]3CC[C@@H](C2)N3C)[C@]2(C)C(C)CC[C@@]3(CCC(=O)[C@H]32)[C@@H](C)[C@@H]1O. The molecule has 5 nitrogen and oxygen atoms in total. The first-order chi connectivity index (χ1) is 17.0. The van der Waals surface area contributed by atoms with Crippen LogP contribution in [0, 0.1) is 34.0 Å². The molecule has 0 aromatic rings. The Morgan fingerprint density at radius 2 is 1.86 bits per heavy atom. The summed E-state index contributed by atoms with van der Waals surface area (Å²) in [6.07, 6.45) is 9.58. The number of carbonyl (C=O) groups is 2. The standard InChI is InChI=1S/C30H47NO4S/c1-7-28(4)16-24(35-25(33)17-36-22-14-20-8-9-21(15-22)31(20)6)29(5)18(2)10-12-30(19(3)27(28)34)13-11-23(32)26(29)30/h7,18-22,24,26-27,34H,1,8-17H2,2-6H3/t18?,19-,20-,21+,22?,24+,26-,27-,28+,29-,30+/m0/s1. The number of Topliss-reactive ketones (excluding diaryl/α,β-unsaturated/α-hetero) is 1. The van der Waals surface area contributed by atoms with Crippen molar-refractivity contribution >= 4 is 23.5 Å². The van der Waals surface area contributed by atoms with E-state index in [1.54, 1.807) is 11.8 Å². The Hall–Kier alpha value is -0.850. The third-order valence-corrected chi connectivity index (χ3v) is 13.3. The van der Waals surface area contributed by atoms with Gasteiger partial charge in [-0.25, -0.2) is 0 Å². The van der Waals surface area contributed by atoms with Gasteiger partial charge in [-0.15, -0.1) is 18.3 Å². The minimum Gasteiger partial charge on any atom is -0.461 e. The average molecular weight is 518 g/mol. The van der Waals surface area contributed by atoms with Gasteiger partial charge in [0.1, 0.15) is 11.9 Å². The molecule has 0 amide bonds. The molecule has 5 rings (SSSR count). The molecule has 0 aromatic heterocycles. The second-order valence-electron chi connectivity index (χ2n) is 13.5. The summed E-state index contributed by atoms with van der Waals surface area (Å²) in [5, 5.41) is 12.2. The summed E-state index contributed by atoms with van der Waals surface area (Å²) in [7, 11) is 2.24. The topological polar surface area (TPSA) is 66.8 Å². The first-order valence-electron chi connectivity index (χ1n) is 14.3. The number of aliphatic hydroxyl groups is 1. The molecule has 2 unspecified atom stereocenters. The number of rotatable bonds is 5. The zero-order chi connectivity index (χ0) is 26.0. The van der Waals surface area contributed by atoms with Crippen LogP contribution in [0.4, 0.5) is 0 Å². The van der Waals surface area contributed by atoms with Gasteiger partial charge in [-0.1, -0.05) is 33.8 Å². The number of fused-ring (bicyclic) bond motifs is 2. The Balaban J connectivity index is 1.39. The number of hydrogen-bond acceptors (Lipinski definition) is 6. The highest BCUT2D eigenvalue weighted by Crippen LogP contribution is 2.68. The van der Waals surface area contributed by atoms with Gasteiger partial charge in [0.15, 0.2) is 0 Å². The Bertz CT molecular complexity index is 895. The van der Waals surface area contributed by atoms with Crippen LogP contribution >= 0.6 is 11.8 Å². The molecule has 0 radical (unpaired) electrons. The summed E-state index contributed by atoms with van der Waals surface area (Å²) in [6.45, 7) is 12.8. The molecule has 5 fully saturated rings. The van der Waals surface area contributed by atoms with Crippen LogP contribution in [-0.4, -0.2) is 64.1 Å². The first kappa shape index (κ1) is 26.7. The van der Waals surface area contributed by atoms with Crippen LogP contribution in [0.5, 0.6) is 0 Å². The lowest BCUT2D eigenvalue weighted by Gasteiger charge is -2.61. The highest BCUT2D eigenvalue weighted by atomic mass is 32.2. The molecule has 11 atom stereocenters. The van der Waals surface area contributed by atoms with Crippen molar-refractivity contribution in [1.82, 2.24) is 4.90 Å². The summed E-state index contributed by atoms with van der Waals surface area (Å²) >= 11 is 1.76. The molecule has 3 aliphatic carbocycles. The fraction of sp³-hybridized carbons (Fsp3) is 0.867. The molecule has 2 aliphatic heterocycles. The highest BCUT2D eigenvalue weighted by molar-refractivity contribution is 8.00. The van der Waals surface area contributed by atoms with Crippen LogP contribution in [0.1, 0.15) is 85.5 Å². The lowest BCUT2D eigenvalue weighted by Crippen LogP contribution is -2.63. The molecule has 202 valence electrons. The van der Waals surface area contributed by atoms with Gasteiger partial charge in [0, 0.05) is 40.5 Å². The van der Waals surface area contributed by atoms with E-state index < -0.39 is 23.0 Å². The summed E-state index contributed by atoms with van der Waals surface area (Å²) in [6, 6.07) is 1.31. The van der Waals surface area contributed by atoms with Crippen molar-refractivity contribution < 1.29 is 19.4 Å². The van der Waals surface area contributed by atoms with E-state index in [1.165, 1.54) is 12.8 Å². The Morgan fingerprint density at radius 1 is 1.19 bits per heavy atom. The number of ether oxygens (including phenoxy) is 1. The van der Waals surface area contributed by atoms with E-state index in [-0.39, 0.29) is 29.1 Å². The molecule has 2 saturated heterocycles. The lowest BCUT2D eigenvalue weighted by molar-refractivity contribution is -0.205. The fourth-order valence-electron chi connectivity index (χ4n) is 9.38. The maximum Gasteiger partial charge on any atom is 0.316 e. The van der Waals surface area contributed by atoms with Crippen molar-refractivity contribution in [3.8, 4) is 0 Å². The number of carbonyl (C=O) groups excluding carboxylic acids is 2. The largest absolute Gasteiger partial charge is 0.461 e. The van der Waals surface area contributed by atoms with Crippen LogP contribution < -0.4 is 0 Å². The van der Waals surface area contributed by atoms with Crippen LogP contribution in [0.25, 0.3) is 0 Å².